The van der Waals surface area contributed by atoms with Crippen LogP contribution in [0.3, 0.4) is 0 Å². The van der Waals surface area contributed by atoms with Crippen LogP contribution in [0.4, 0.5) is 24.0 Å². The van der Waals surface area contributed by atoms with Crippen molar-refractivity contribution in [1.29, 1.82) is 0 Å². The molecule has 2 aliphatic rings. The van der Waals surface area contributed by atoms with Gasteiger partial charge in [-0.1, -0.05) is 19.8 Å². The molecular formula is C24H28F3N3O2S. The fourth-order valence-corrected chi connectivity index (χ4v) is 4.75. The molecule has 9 heteroatoms. The van der Waals surface area contributed by atoms with Crippen molar-refractivity contribution in [2.75, 3.05) is 18.1 Å². The highest BCUT2D eigenvalue weighted by Crippen LogP contribution is 2.43. The number of nitrogens with zero attached hydrogens (tertiary/aromatic N) is 3. The van der Waals surface area contributed by atoms with Crippen molar-refractivity contribution in [2.24, 2.45) is 10.9 Å². The van der Waals surface area contributed by atoms with Gasteiger partial charge in [0.15, 0.2) is 5.13 Å². The molecule has 1 amide bonds. The minimum Gasteiger partial charge on any atom is -0.493 e. The predicted molar refractivity (Wildman–Crippen MR) is 124 cm³/mol. The Bertz CT molecular complexity index is 1000. The lowest BCUT2D eigenvalue weighted by atomic mass is 10.00. The lowest BCUT2D eigenvalue weighted by Crippen LogP contribution is -2.28. The predicted octanol–water partition coefficient (Wildman–Crippen LogP) is 6.75. The van der Waals surface area contributed by atoms with Gasteiger partial charge in [0.05, 0.1) is 23.6 Å². The summed E-state index contributed by atoms with van der Waals surface area (Å²) in [5.74, 6) is -0.517. The highest BCUT2D eigenvalue weighted by Gasteiger charge is 2.39. The molecule has 0 radical (unpaired) electrons. The number of hydrogen-bond acceptors (Lipinski definition) is 5. The maximum absolute atomic E-state index is 13.9. The Morgan fingerprint density at radius 1 is 1.24 bits per heavy atom. The third kappa shape index (κ3) is 5.75. The van der Waals surface area contributed by atoms with E-state index in [0.29, 0.717) is 11.6 Å². The first-order valence-corrected chi connectivity index (χ1v) is 12.4. The van der Waals surface area contributed by atoms with Gasteiger partial charge >= 0.3 is 6.18 Å². The Balaban J connectivity index is 1.66. The molecule has 0 saturated heterocycles. The molecule has 1 fully saturated rings. The van der Waals surface area contributed by atoms with E-state index in [-0.39, 0.29) is 35.8 Å². The highest BCUT2D eigenvalue weighted by molar-refractivity contribution is 7.14. The number of amides is 1. The minimum absolute atomic E-state index is 0.0752. The number of ether oxygens (including phenoxy) is 1. The molecule has 1 saturated carbocycles. The van der Waals surface area contributed by atoms with Gasteiger partial charge in [-0.15, -0.1) is 11.3 Å². The van der Waals surface area contributed by atoms with Crippen LogP contribution in [0.1, 0.15) is 69.0 Å². The summed E-state index contributed by atoms with van der Waals surface area (Å²) in [4.78, 5) is 23.5. The fraction of sp³-hybridized carbons (Fsp3) is 0.542. The maximum atomic E-state index is 13.9. The van der Waals surface area contributed by atoms with Crippen LogP contribution < -0.4 is 9.64 Å². The fourth-order valence-electron chi connectivity index (χ4n) is 3.84. The lowest BCUT2D eigenvalue weighted by molar-refractivity contribution is -0.139. The van der Waals surface area contributed by atoms with Crippen molar-refractivity contribution >= 4 is 34.3 Å². The number of rotatable bonds is 9. The van der Waals surface area contributed by atoms with Crippen molar-refractivity contribution in [1.82, 2.24) is 4.98 Å². The van der Waals surface area contributed by atoms with Crippen LogP contribution >= 0.6 is 11.3 Å². The van der Waals surface area contributed by atoms with Crippen molar-refractivity contribution in [2.45, 2.75) is 64.0 Å². The molecule has 0 bridgehead atoms. The number of hydrogen-bond donors (Lipinski definition) is 0. The third-order valence-corrected chi connectivity index (χ3v) is 6.69. The molecular weight excluding hydrogens is 451 g/mol. The number of anilines is 2. The van der Waals surface area contributed by atoms with E-state index in [9.17, 15) is 18.0 Å². The SMILES string of the molecule is CCCCCOc1ccc(N(C(=O)C2CC2)c2nc(C3C=NCCC3)cs2)cc1C(F)(F)F. The molecule has 1 unspecified atom stereocenters. The molecule has 1 aliphatic carbocycles. The Hall–Kier alpha value is -2.42. The number of unbranched alkanes of at least 4 members (excludes halogenated alkanes) is 2. The summed E-state index contributed by atoms with van der Waals surface area (Å²) >= 11 is 1.28. The number of thiazole rings is 1. The Labute approximate surface area is 195 Å². The number of carbonyl (C=O) groups excluding carboxylic acids is 1. The van der Waals surface area contributed by atoms with Crippen LogP contribution in [0.15, 0.2) is 28.6 Å². The van der Waals surface area contributed by atoms with Gasteiger partial charge in [0.25, 0.3) is 0 Å². The van der Waals surface area contributed by atoms with E-state index in [4.69, 9.17) is 4.74 Å². The molecule has 5 nitrogen and oxygen atoms in total. The second-order valence-corrected chi connectivity index (χ2v) is 9.38. The van der Waals surface area contributed by atoms with E-state index in [1.807, 2.05) is 18.5 Å². The molecule has 2 aromatic rings. The van der Waals surface area contributed by atoms with Gasteiger partial charge < -0.3 is 4.74 Å². The smallest absolute Gasteiger partial charge is 0.420 e. The zero-order valence-corrected chi connectivity index (χ0v) is 19.4. The summed E-state index contributed by atoms with van der Waals surface area (Å²) in [5.41, 5.74) is 0.0959. The van der Waals surface area contributed by atoms with Crippen molar-refractivity contribution in [3.63, 3.8) is 0 Å². The van der Waals surface area contributed by atoms with E-state index < -0.39 is 11.7 Å². The number of halogens is 3. The highest BCUT2D eigenvalue weighted by atomic mass is 32.1. The molecule has 178 valence electrons. The van der Waals surface area contributed by atoms with Gasteiger partial charge in [0, 0.05) is 30.0 Å². The Morgan fingerprint density at radius 3 is 2.73 bits per heavy atom. The number of carbonyl (C=O) groups is 1. The van der Waals surface area contributed by atoms with Crippen molar-refractivity contribution < 1.29 is 22.7 Å². The van der Waals surface area contributed by atoms with Crippen LogP contribution in [0.25, 0.3) is 0 Å². The summed E-state index contributed by atoms with van der Waals surface area (Å²) in [6, 6.07) is 3.85. The molecule has 33 heavy (non-hydrogen) atoms. The molecule has 2 heterocycles. The molecule has 0 spiro atoms. The van der Waals surface area contributed by atoms with Gasteiger partial charge in [-0.05, 0) is 50.3 Å². The van der Waals surface area contributed by atoms with Crippen molar-refractivity contribution in [3.05, 3.63) is 34.8 Å². The average molecular weight is 480 g/mol. The zero-order valence-electron chi connectivity index (χ0n) is 18.6. The molecule has 1 aromatic carbocycles. The van der Waals surface area contributed by atoms with E-state index >= 15 is 0 Å². The second-order valence-electron chi connectivity index (χ2n) is 8.54. The molecule has 4 rings (SSSR count). The second kappa shape index (κ2) is 10.2. The topological polar surface area (TPSA) is 54.8 Å². The first-order valence-electron chi connectivity index (χ1n) is 11.5. The maximum Gasteiger partial charge on any atom is 0.420 e. The molecule has 1 atom stereocenters. The minimum atomic E-state index is -4.60. The number of aliphatic imine (C=N–C) groups is 1. The van der Waals surface area contributed by atoms with E-state index in [2.05, 4.69) is 9.98 Å². The van der Waals surface area contributed by atoms with Crippen LogP contribution in [0.2, 0.25) is 0 Å². The van der Waals surface area contributed by atoms with E-state index in [1.165, 1.54) is 28.4 Å². The number of benzene rings is 1. The van der Waals surface area contributed by atoms with Crippen LogP contribution in [0.5, 0.6) is 5.75 Å². The van der Waals surface area contributed by atoms with Gasteiger partial charge in [-0.2, -0.15) is 13.2 Å². The average Bonchev–Trinajstić information content (AvgIpc) is 3.55. The van der Waals surface area contributed by atoms with Gasteiger partial charge in [-0.3, -0.25) is 14.7 Å². The largest absolute Gasteiger partial charge is 0.493 e. The first kappa shape index (κ1) is 23.7. The normalized spacial score (nSPS) is 18.4. The van der Waals surface area contributed by atoms with Gasteiger partial charge in [-0.25, -0.2) is 4.98 Å². The summed E-state index contributed by atoms with van der Waals surface area (Å²) in [6.07, 6.45) is 3.18. The first-order chi connectivity index (χ1) is 15.9. The monoisotopic (exact) mass is 479 g/mol. The summed E-state index contributed by atoms with van der Waals surface area (Å²) < 4.78 is 47.1. The third-order valence-electron chi connectivity index (χ3n) is 5.85. The summed E-state index contributed by atoms with van der Waals surface area (Å²) in [6.45, 7) is 3.04. The molecule has 1 aliphatic heterocycles. The zero-order chi connectivity index (χ0) is 23.4. The standard InChI is InChI=1S/C24H28F3N3O2S/c1-2-3-4-12-32-21-10-9-18(13-19(21)24(25,26)27)30(22(31)16-7-8-16)23-29-20(15-33-23)17-6-5-11-28-14-17/h9-10,13-17H,2-8,11-12H2,1H3. The molecule has 0 N–H and O–H groups in total. The van der Waals surface area contributed by atoms with Crippen LogP contribution in [-0.2, 0) is 11.0 Å². The Morgan fingerprint density at radius 2 is 2.06 bits per heavy atom. The van der Waals surface area contributed by atoms with Crippen LogP contribution in [-0.4, -0.2) is 30.3 Å². The van der Waals surface area contributed by atoms with Crippen LogP contribution in [0, 0.1) is 5.92 Å². The van der Waals surface area contributed by atoms with E-state index in [1.54, 1.807) is 0 Å². The van der Waals surface area contributed by atoms with Crippen molar-refractivity contribution in [3.8, 4) is 5.75 Å². The van der Waals surface area contributed by atoms with Gasteiger partial charge in [0.1, 0.15) is 5.75 Å². The molecule has 1 aromatic heterocycles. The van der Waals surface area contributed by atoms with Gasteiger partial charge in [0.2, 0.25) is 5.91 Å². The summed E-state index contributed by atoms with van der Waals surface area (Å²) in [5, 5.41) is 2.27. The number of alkyl halides is 3. The quantitative estimate of drug-likeness (QED) is 0.374. The van der Waals surface area contributed by atoms with E-state index in [0.717, 1.165) is 56.8 Å². The lowest BCUT2D eigenvalue weighted by Gasteiger charge is -2.23. The summed E-state index contributed by atoms with van der Waals surface area (Å²) in [7, 11) is 0. The number of aromatic nitrogens is 1. The Kier molecular flexibility index (Phi) is 7.36.